The summed E-state index contributed by atoms with van der Waals surface area (Å²) in [6.45, 7) is 0.364. The van der Waals surface area contributed by atoms with Crippen LogP contribution < -0.4 is 15.0 Å². The highest BCUT2D eigenvalue weighted by Crippen LogP contribution is 2.35. The summed E-state index contributed by atoms with van der Waals surface area (Å²) < 4.78 is 11.9. The first-order valence-electron chi connectivity index (χ1n) is 6.38. The number of hydrogen-bond donors (Lipinski definition) is 2. The average molecular weight is 287 g/mol. The monoisotopic (exact) mass is 287 g/mol. The minimum absolute atomic E-state index is 0.0753. The van der Waals surface area contributed by atoms with Crippen LogP contribution in [0, 0.1) is 5.41 Å². The van der Waals surface area contributed by atoms with Crippen molar-refractivity contribution >= 4 is 5.97 Å². The molecule has 0 radical (unpaired) electrons. The van der Waals surface area contributed by atoms with Crippen LogP contribution in [0.25, 0.3) is 11.3 Å². The van der Waals surface area contributed by atoms with Crippen LogP contribution in [0.5, 0.6) is 11.5 Å². The SMILES string of the molecule is N=c1ccc(-c2ccc3c(c2)OCO3)nn1CCC(=O)O. The number of carboxylic acids is 1. The summed E-state index contributed by atoms with van der Waals surface area (Å²) in [6.07, 6.45) is -0.0753. The summed E-state index contributed by atoms with van der Waals surface area (Å²) in [4.78, 5) is 10.6. The van der Waals surface area contributed by atoms with Crippen molar-refractivity contribution in [3.05, 3.63) is 35.8 Å². The van der Waals surface area contributed by atoms with Gasteiger partial charge in [0.2, 0.25) is 6.79 Å². The van der Waals surface area contributed by atoms with E-state index >= 15 is 0 Å². The van der Waals surface area contributed by atoms with Crippen LogP contribution >= 0.6 is 0 Å². The lowest BCUT2D eigenvalue weighted by molar-refractivity contribution is -0.137. The number of benzene rings is 1. The molecule has 108 valence electrons. The van der Waals surface area contributed by atoms with Crippen LogP contribution in [0.2, 0.25) is 0 Å². The number of aliphatic carboxylic acids is 1. The lowest BCUT2D eigenvalue weighted by atomic mass is 10.1. The summed E-state index contributed by atoms with van der Waals surface area (Å²) in [5.74, 6) is 0.424. The zero-order valence-electron chi connectivity index (χ0n) is 11.1. The van der Waals surface area contributed by atoms with E-state index in [1.165, 1.54) is 4.68 Å². The molecule has 1 aliphatic rings. The molecule has 2 N–H and O–H groups in total. The lowest BCUT2D eigenvalue weighted by Crippen LogP contribution is -2.23. The molecule has 7 heteroatoms. The van der Waals surface area contributed by atoms with E-state index in [4.69, 9.17) is 20.0 Å². The second-order valence-corrected chi connectivity index (χ2v) is 4.54. The van der Waals surface area contributed by atoms with Gasteiger partial charge in [0.1, 0.15) is 5.49 Å². The van der Waals surface area contributed by atoms with E-state index in [0.717, 1.165) is 5.56 Å². The van der Waals surface area contributed by atoms with E-state index in [9.17, 15) is 4.79 Å². The third kappa shape index (κ3) is 2.71. The minimum atomic E-state index is -0.919. The fourth-order valence-corrected chi connectivity index (χ4v) is 2.04. The smallest absolute Gasteiger partial charge is 0.305 e. The van der Waals surface area contributed by atoms with E-state index in [2.05, 4.69) is 5.10 Å². The van der Waals surface area contributed by atoms with Crippen LogP contribution in [0.1, 0.15) is 6.42 Å². The van der Waals surface area contributed by atoms with Gasteiger partial charge in [-0.15, -0.1) is 0 Å². The number of fused-ring (bicyclic) bond motifs is 1. The molecule has 1 aliphatic heterocycles. The second kappa shape index (κ2) is 5.28. The van der Waals surface area contributed by atoms with Crippen LogP contribution in [0.4, 0.5) is 0 Å². The van der Waals surface area contributed by atoms with E-state index in [1.807, 2.05) is 12.1 Å². The minimum Gasteiger partial charge on any atom is -0.481 e. The maximum absolute atomic E-state index is 10.6. The van der Waals surface area contributed by atoms with E-state index < -0.39 is 5.97 Å². The van der Waals surface area contributed by atoms with Gasteiger partial charge in [-0.3, -0.25) is 10.2 Å². The molecule has 1 aromatic carbocycles. The number of hydrogen-bond acceptors (Lipinski definition) is 5. The lowest BCUT2D eigenvalue weighted by Gasteiger charge is -2.07. The molecule has 0 amide bonds. The number of carboxylic acid groups (broad SMARTS) is 1. The molecule has 0 spiro atoms. The quantitative estimate of drug-likeness (QED) is 0.881. The number of aromatic nitrogens is 2. The van der Waals surface area contributed by atoms with Crippen LogP contribution in [0.15, 0.2) is 30.3 Å². The number of aryl methyl sites for hydroxylation is 1. The topological polar surface area (TPSA) is 97.4 Å². The molecule has 3 rings (SSSR count). The third-order valence-corrected chi connectivity index (χ3v) is 3.11. The maximum Gasteiger partial charge on any atom is 0.305 e. The largest absolute Gasteiger partial charge is 0.481 e. The average Bonchev–Trinajstić information content (AvgIpc) is 2.93. The number of nitrogens with zero attached hydrogens (tertiary/aromatic N) is 2. The molecule has 0 bridgehead atoms. The molecule has 1 aromatic heterocycles. The molecule has 0 atom stereocenters. The first-order chi connectivity index (χ1) is 10.1. The van der Waals surface area contributed by atoms with Gasteiger partial charge in [-0.2, -0.15) is 5.10 Å². The van der Waals surface area contributed by atoms with Gasteiger partial charge in [0, 0.05) is 5.56 Å². The molecular formula is C14H13N3O4. The first-order valence-corrected chi connectivity index (χ1v) is 6.38. The molecule has 21 heavy (non-hydrogen) atoms. The Morgan fingerprint density at radius 1 is 1.29 bits per heavy atom. The molecule has 7 nitrogen and oxygen atoms in total. The van der Waals surface area contributed by atoms with Gasteiger partial charge in [-0.25, -0.2) is 4.68 Å². The summed E-state index contributed by atoms with van der Waals surface area (Å²) in [5, 5.41) is 20.8. The zero-order chi connectivity index (χ0) is 14.8. The molecule has 0 fully saturated rings. The molecule has 0 unspecified atom stereocenters. The Bertz CT molecular complexity index is 754. The molecule has 2 heterocycles. The van der Waals surface area contributed by atoms with Gasteiger partial charge in [-0.05, 0) is 30.3 Å². The predicted octanol–water partition coefficient (Wildman–Crippen LogP) is 1.23. The number of carbonyl (C=O) groups is 1. The van der Waals surface area contributed by atoms with E-state index in [-0.39, 0.29) is 25.2 Å². The van der Waals surface area contributed by atoms with Gasteiger partial charge in [-0.1, -0.05) is 0 Å². The highest BCUT2D eigenvalue weighted by Gasteiger charge is 2.14. The molecule has 0 aliphatic carbocycles. The number of ether oxygens (including phenoxy) is 2. The maximum atomic E-state index is 10.6. The Morgan fingerprint density at radius 2 is 2.10 bits per heavy atom. The first kappa shape index (κ1) is 13.2. The Morgan fingerprint density at radius 3 is 2.90 bits per heavy atom. The fourth-order valence-electron chi connectivity index (χ4n) is 2.04. The van der Waals surface area contributed by atoms with Crippen LogP contribution in [-0.4, -0.2) is 27.6 Å². The normalized spacial score (nSPS) is 12.4. The van der Waals surface area contributed by atoms with Gasteiger partial charge in [0.15, 0.2) is 11.5 Å². The van der Waals surface area contributed by atoms with Crippen molar-refractivity contribution in [2.75, 3.05) is 6.79 Å². The molecule has 0 saturated carbocycles. The van der Waals surface area contributed by atoms with Crippen molar-refractivity contribution in [1.29, 1.82) is 5.41 Å². The Hall–Kier alpha value is -2.83. The third-order valence-electron chi connectivity index (χ3n) is 3.11. The van der Waals surface area contributed by atoms with Crippen molar-refractivity contribution in [3.8, 4) is 22.8 Å². The summed E-state index contributed by atoms with van der Waals surface area (Å²) in [6, 6.07) is 8.78. The Kier molecular flexibility index (Phi) is 3.31. The zero-order valence-corrected chi connectivity index (χ0v) is 11.1. The molecule has 0 saturated heterocycles. The van der Waals surface area contributed by atoms with Gasteiger partial charge < -0.3 is 14.6 Å². The predicted molar refractivity (Wildman–Crippen MR) is 71.9 cm³/mol. The van der Waals surface area contributed by atoms with Gasteiger partial charge in [0.05, 0.1) is 18.7 Å². The van der Waals surface area contributed by atoms with Crippen molar-refractivity contribution in [1.82, 2.24) is 9.78 Å². The molecular weight excluding hydrogens is 274 g/mol. The van der Waals surface area contributed by atoms with Crippen molar-refractivity contribution < 1.29 is 19.4 Å². The number of nitrogens with one attached hydrogen (secondary N) is 1. The van der Waals surface area contributed by atoms with E-state index in [0.29, 0.717) is 17.2 Å². The van der Waals surface area contributed by atoms with Gasteiger partial charge in [0.25, 0.3) is 0 Å². The standard InChI is InChI=1S/C14H13N3O4/c15-13-4-2-10(16-17(13)6-5-14(18)19)9-1-3-11-12(7-9)21-8-20-11/h1-4,7,15H,5-6,8H2,(H,18,19). The van der Waals surface area contributed by atoms with Crippen molar-refractivity contribution in [2.45, 2.75) is 13.0 Å². The second-order valence-electron chi connectivity index (χ2n) is 4.54. The molecule has 2 aromatic rings. The van der Waals surface area contributed by atoms with Crippen molar-refractivity contribution in [3.63, 3.8) is 0 Å². The van der Waals surface area contributed by atoms with Crippen molar-refractivity contribution in [2.24, 2.45) is 0 Å². The summed E-state index contributed by atoms with van der Waals surface area (Å²) in [7, 11) is 0. The summed E-state index contributed by atoms with van der Waals surface area (Å²) in [5.41, 5.74) is 1.64. The number of rotatable bonds is 4. The summed E-state index contributed by atoms with van der Waals surface area (Å²) >= 11 is 0. The highest BCUT2D eigenvalue weighted by molar-refractivity contribution is 5.66. The Labute approximate surface area is 119 Å². The van der Waals surface area contributed by atoms with Gasteiger partial charge >= 0.3 is 5.97 Å². The highest BCUT2D eigenvalue weighted by atomic mass is 16.7. The van der Waals surface area contributed by atoms with Crippen LogP contribution in [0.3, 0.4) is 0 Å². The van der Waals surface area contributed by atoms with Crippen LogP contribution in [-0.2, 0) is 11.3 Å². The fraction of sp³-hybridized carbons (Fsp3) is 0.214. The Balaban J connectivity index is 1.93. The van der Waals surface area contributed by atoms with E-state index in [1.54, 1.807) is 18.2 Å².